The molecule has 0 saturated carbocycles. The average molecular weight is 270 g/mol. The fourth-order valence-electron chi connectivity index (χ4n) is 1.27. The molecule has 0 heterocycles. The molecule has 2 amide bonds. The molecule has 0 saturated heterocycles. The first-order valence-electron chi connectivity index (χ1n) is 5.61. The summed E-state index contributed by atoms with van der Waals surface area (Å²) in [6.45, 7) is 4.22. The lowest BCUT2D eigenvalue weighted by Crippen LogP contribution is -2.33. The first-order chi connectivity index (χ1) is 8.54. The molecule has 0 aromatic heterocycles. The minimum absolute atomic E-state index is 0.0661. The standard InChI is InChI=1S/C12H16ClN3O2/c1-3-6-14-12(18)16-15-8(2)10-7-9(13)4-5-11(10)17/h4-5,7,17H,3,6H2,1-2H3,(H2,14,16,18). The zero-order valence-electron chi connectivity index (χ0n) is 10.3. The van der Waals surface area contributed by atoms with E-state index in [1.807, 2.05) is 6.92 Å². The number of rotatable bonds is 4. The van der Waals surface area contributed by atoms with E-state index in [9.17, 15) is 9.90 Å². The van der Waals surface area contributed by atoms with E-state index in [-0.39, 0.29) is 11.8 Å². The molecule has 0 fully saturated rings. The monoisotopic (exact) mass is 269 g/mol. The third-order valence-corrected chi connectivity index (χ3v) is 2.44. The number of benzene rings is 1. The van der Waals surface area contributed by atoms with Crippen molar-refractivity contribution >= 4 is 23.3 Å². The highest BCUT2D eigenvalue weighted by Gasteiger charge is 2.06. The number of phenols is 1. The second kappa shape index (κ2) is 6.86. The summed E-state index contributed by atoms with van der Waals surface area (Å²) < 4.78 is 0. The first-order valence-corrected chi connectivity index (χ1v) is 5.99. The predicted octanol–water partition coefficient (Wildman–Crippen LogP) is 2.48. The number of nitrogens with zero attached hydrogens (tertiary/aromatic N) is 1. The van der Waals surface area contributed by atoms with Crippen LogP contribution in [-0.4, -0.2) is 23.4 Å². The molecular formula is C12H16ClN3O2. The molecule has 0 unspecified atom stereocenters. The molecule has 1 aromatic rings. The van der Waals surface area contributed by atoms with E-state index < -0.39 is 0 Å². The van der Waals surface area contributed by atoms with Crippen molar-refractivity contribution in [3.05, 3.63) is 28.8 Å². The molecule has 0 aliphatic carbocycles. The van der Waals surface area contributed by atoms with E-state index in [0.29, 0.717) is 22.8 Å². The van der Waals surface area contributed by atoms with Gasteiger partial charge in [-0.3, -0.25) is 0 Å². The quantitative estimate of drug-likeness (QED) is 0.580. The minimum atomic E-state index is -0.377. The molecule has 6 heteroatoms. The smallest absolute Gasteiger partial charge is 0.335 e. The molecule has 0 bridgehead atoms. The Kier molecular flexibility index (Phi) is 5.45. The largest absolute Gasteiger partial charge is 0.507 e. The highest BCUT2D eigenvalue weighted by Crippen LogP contribution is 2.21. The van der Waals surface area contributed by atoms with Gasteiger partial charge in [0, 0.05) is 17.1 Å². The highest BCUT2D eigenvalue weighted by atomic mass is 35.5. The molecule has 0 atom stereocenters. The molecule has 0 aliphatic rings. The number of hydrogen-bond donors (Lipinski definition) is 3. The molecule has 3 N–H and O–H groups in total. The molecular weight excluding hydrogens is 254 g/mol. The highest BCUT2D eigenvalue weighted by molar-refractivity contribution is 6.31. The van der Waals surface area contributed by atoms with E-state index in [1.165, 1.54) is 6.07 Å². The number of carbonyl (C=O) groups is 1. The first kappa shape index (κ1) is 14.3. The van der Waals surface area contributed by atoms with E-state index in [2.05, 4.69) is 15.8 Å². The van der Waals surface area contributed by atoms with Gasteiger partial charge in [-0.15, -0.1) is 0 Å². The Hall–Kier alpha value is -1.75. The minimum Gasteiger partial charge on any atom is -0.507 e. The number of halogens is 1. The SMILES string of the molecule is CCCNC(=O)NN=C(C)c1cc(Cl)ccc1O. The second-order valence-corrected chi connectivity index (χ2v) is 4.16. The Morgan fingerprint density at radius 3 is 2.89 bits per heavy atom. The zero-order chi connectivity index (χ0) is 13.5. The summed E-state index contributed by atoms with van der Waals surface area (Å²) in [5.74, 6) is 0.0661. The van der Waals surface area contributed by atoms with Crippen LogP contribution >= 0.6 is 11.6 Å². The van der Waals surface area contributed by atoms with Crippen molar-refractivity contribution in [3.8, 4) is 5.75 Å². The fraction of sp³-hybridized carbons (Fsp3) is 0.333. The average Bonchev–Trinajstić information content (AvgIpc) is 2.36. The van der Waals surface area contributed by atoms with Gasteiger partial charge in [-0.1, -0.05) is 18.5 Å². The van der Waals surface area contributed by atoms with Gasteiger partial charge in [0.2, 0.25) is 0 Å². The summed E-state index contributed by atoms with van der Waals surface area (Å²) in [6, 6.07) is 4.27. The van der Waals surface area contributed by atoms with Crippen LogP contribution in [0.2, 0.25) is 5.02 Å². The lowest BCUT2D eigenvalue weighted by atomic mass is 10.1. The Labute approximate surface area is 111 Å². The molecule has 0 spiro atoms. The Bertz CT molecular complexity index is 461. The number of phenolic OH excluding ortho intramolecular Hbond substituents is 1. The van der Waals surface area contributed by atoms with Gasteiger partial charge in [-0.05, 0) is 31.5 Å². The number of aromatic hydroxyl groups is 1. The van der Waals surface area contributed by atoms with Gasteiger partial charge in [-0.25, -0.2) is 10.2 Å². The summed E-state index contributed by atoms with van der Waals surface area (Å²) >= 11 is 5.83. The van der Waals surface area contributed by atoms with Crippen molar-refractivity contribution in [1.29, 1.82) is 0 Å². The third-order valence-electron chi connectivity index (χ3n) is 2.21. The van der Waals surface area contributed by atoms with Crippen LogP contribution in [0, 0.1) is 0 Å². The van der Waals surface area contributed by atoms with E-state index in [1.54, 1.807) is 19.1 Å². The molecule has 98 valence electrons. The second-order valence-electron chi connectivity index (χ2n) is 3.73. The Balaban J connectivity index is 2.71. The van der Waals surface area contributed by atoms with Crippen molar-refractivity contribution < 1.29 is 9.90 Å². The van der Waals surface area contributed by atoms with Crippen LogP contribution in [0.4, 0.5) is 4.79 Å². The van der Waals surface area contributed by atoms with Gasteiger partial charge in [-0.2, -0.15) is 5.10 Å². The summed E-state index contributed by atoms with van der Waals surface area (Å²) in [4.78, 5) is 11.3. The van der Waals surface area contributed by atoms with Gasteiger partial charge in [0.1, 0.15) is 5.75 Å². The summed E-state index contributed by atoms with van der Waals surface area (Å²) in [6.07, 6.45) is 0.852. The van der Waals surface area contributed by atoms with Crippen LogP contribution in [0.3, 0.4) is 0 Å². The third kappa shape index (κ3) is 4.25. The lowest BCUT2D eigenvalue weighted by molar-refractivity contribution is 0.241. The molecule has 18 heavy (non-hydrogen) atoms. The van der Waals surface area contributed by atoms with Crippen molar-refractivity contribution in [2.24, 2.45) is 5.10 Å². The number of hydrogen-bond acceptors (Lipinski definition) is 3. The van der Waals surface area contributed by atoms with E-state index in [0.717, 1.165) is 6.42 Å². The van der Waals surface area contributed by atoms with E-state index in [4.69, 9.17) is 11.6 Å². The van der Waals surface area contributed by atoms with Crippen molar-refractivity contribution in [2.75, 3.05) is 6.54 Å². The summed E-state index contributed by atoms with van der Waals surface area (Å²) in [5, 5.41) is 16.6. The predicted molar refractivity (Wildman–Crippen MR) is 72.2 cm³/mol. The van der Waals surface area contributed by atoms with Gasteiger partial charge in [0.05, 0.1) is 5.71 Å². The number of amides is 2. The van der Waals surface area contributed by atoms with Crippen molar-refractivity contribution in [1.82, 2.24) is 10.7 Å². The molecule has 5 nitrogen and oxygen atoms in total. The van der Waals surface area contributed by atoms with Crippen LogP contribution in [-0.2, 0) is 0 Å². The topological polar surface area (TPSA) is 73.7 Å². The van der Waals surface area contributed by atoms with Crippen LogP contribution in [0.1, 0.15) is 25.8 Å². The van der Waals surface area contributed by atoms with Gasteiger partial charge in [0.25, 0.3) is 0 Å². The number of hydrazone groups is 1. The van der Waals surface area contributed by atoms with E-state index >= 15 is 0 Å². The Morgan fingerprint density at radius 2 is 2.22 bits per heavy atom. The van der Waals surface area contributed by atoms with Crippen molar-refractivity contribution in [2.45, 2.75) is 20.3 Å². The lowest BCUT2D eigenvalue weighted by Gasteiger charge is -2.06. The zero-order valence-corrected chi connectivity index (χ0v) is 11.1. The molecule has 0 aliphatic heterocycles. The summed E-state index contributed by atoms with van der Waals surface area (Å²) in [7, 11) is 0. The Morgan fingerprint density at radius 1 is 1.50 bits per heavy atom. The fourth-order valence-corrected chi connectivity index (χ4v) is 1.44. The number of carbonyl (C=O) groups excluding carboxylic acids is 1. The molecule has 1 rings (SSSR count). The molecule has 0 radical (unpaired) electrons. The maximum atomic E-state index is 11.3. The van der Waals surface area contributed by atoms with Gasteiger partial charge >= 0.3 is 6.03 Å². The molecule has 1 aromatic carbocycles. The van der Waals surface area contributed by atoms with Crippen LogP contribution < -0.4 is 10.7 Å². The van der Waals surface area contributed by atoms with Crippen LogP contribution in [0.25, 0.3) is 0 Å². The summed E-state index contributed by atoms with van der Waals surface area (Å²) in [5.41, 5.74) is 3.30. The van der Waals surface area contributed by atoms with Crippen LogP contribution in [0.5, 0.6) is 5.75 Å². The van der Waals surface area contributed by atoms with Gasteiger partial charge in [0.15, 0.2) is 0 Å². The number of nitrogens with one attached hydrogen (secondary N) is 2. The van der Waals surface area contributed by atoms with Crippen molar-refractivity contribution in [3.63, 3.8) is 0 Å². The van der Waals surface area contributed by atoms with Crippen LogP contribution in [0.15, 0.2) is 23.3 Å². The maximum Gasteiger partial charge on any atom is 0.335 e. The van der Waals surface area contributed by atoms with Gasteiger partial charge < -0.3 is 10.4 Å². The number of urea groups is 1. The maximum absolute atomic E-state index is 11.3. The normalized spacial score (nSPS) is 11.2.